The third kappa shape index (κ3) is 2.00. The van der Waals surface area contributed by atoms with E-state index in [1.165, 1.54) is 12.1 Å². The van der Waals surface area contributed by atoms with Crippen LogP contribution in [0.3, 0.4) is 0 Å². The van der Waals surface area contributed by atoms with E-state index in [4.69, 9.17) is 10.2 Å². The first-order valence-electron chi connectivity index (χ1n) is 5.86. The summed E-state index contributed by atoms with van der Waals surface area (Å²) in [5.41, 5.74) is 6.75. The van der Waals surface area contributed by atoms with Crippen LogP contribution in [0.25, 0.3) is 22.3 Å². The second kappa shape index (κ2) is 4.48. The Morgan fingerprint density at radius 1 is 1.00 bits per heavy atom. The molecule has 0 aliphatic rings. The van der Waals surface area contributed by atoms with Gasteiger partial charge in [0.2, 0.25) is 0 Å². The summed E-state index contributed by atoms with van der Waals surface area (Å²) in [6.07, 6.45) is 0. The van der Waals surface area contributed by atoms with Gasteiger partial charge in [-0.2, -0.15) is 0 Å². The molecule has 0 amide bonds. The SMILES string of the molecule is NCc1cc(-c2cc3cccc(F)c3o2)ccc1F. The Hall–Kier alpha value is -2.20. The first-order chi connectivity index (χ1) is 9.19. The van der Waals surface area contributed by atoms with Crippen LogP contribution in [0.4, 0.5) is 8.78 Å². The van der Waals surface area contributed by atoms with E-state index in [-0.39, 0.29) is 17.9 Å². The highest BCUT2D eigenvalue weighted by Gasteiger charge is 2.11. The number of nitrogens with two attached hydrogens (primary N) is 1. The van der Waals surface area contributed by atoms with Crippen molar-refractivity contribution in [3.8, 4) is 11.3 Å². The third-order valence-electron chi connectivity index (χ3n) is 3.05. The minimum absolute atomic E-state index is 0.105. The molecule has 0 bridgehead atoms. The van der Waals surface area contributed by atoms with Crippen molar-refractivity contribution in [2.45, 2.75) is 6.54 Å². The monoisotopic (exact) mass is 259 g/mol. The molecular weight excluding hydrogens is 248 g/mol. The summed E-state index contributed by atoms with van der Waals surface area (Å²) in [5.74, 6) is -0.270. The lowest BCUT2D eigenvalue weighted by molar-refractivity contribution is 0.568. The van der Waals surface area contributed by atoms with Crippen molar-refractivity contribution in [2.75, 3.05) is 0 Å². The van der Waals surface area contributed by atoms with Gasteiger partial charge in [-0.1, -0.05) is 12.1 Å². The van der Waals surface area contributed by atoms with Crippen LogP contribution in [0.2, 0.25) is 0 Å². The molecule has 3 rings (SSSR count). The molecule has 0 spiro atoms. The number of rotatable bonds is 2. The molecule has 3 aromatic rings. The topological polar surface area (TPSA) is 39.2 Å². The van der Waals surface area contributed by atoms with Gasteiger partial charge in [0.1, 0.15) is 11.6 Å². The molecule has 2 aromatic carbocycles. The zero-order valence-corrected chi connectivity index (χ0v) is 9.99. The highest BCUT2D eigenvalue weighted by molar-refractivity contribution is 5.83. The highest BCUT2D eigenvalue weighted by atomic mass is 19.1. The van der Waals surface area contributed by atoms with Gasteiger partial charge in [-0.15, -0.1) is 0 Å². The second-order valence-electron chi connectivity index (χ2n) is 4.28. The average Bonchev–Trinajstić information content (AvgIpc) is 2.85. The van der Waals surface area contributed by atoms with Crippen molar-refractivity contribution in [1.29, 1.82) is 0 Å². The van der Waals surface area contributed by atoms with Crippen molar-refractivity contribution in [2.24, 2.45) is 5.73 Å². The summed E-state index contributed by atoms with van der Waals surface area (Å²) < 4.78 is 32.4. The Labute approximate surface area is 108 Å². The second-order valence-corrected chi connectivity index (χ2v) is 4.28. The molecule has 2 N–H and O–H groups in total. The van der Waals surface area contributed by atoms with Gasteiger partial charge in [0, 0.05) is 23.1 Å². The predicted octanol–water partition coefficient (Wildman–Crippen LogP) is 3.84. The van der Waals surface area contributed by atoms with E-state index in [1.807, 2.05) is 0 Å². The van der Waals surface area contributed by atoms with Gasteiger partial charge in [0.05, 0.1) is 0 Å². The Morgan fingerprint density at radius 3 is 2.58 bits per heavy atom. The first kappa shape index (κ1) is 11.9. The molecule has 0 radical (unpaired) electrons. The van der Waals surface area contributed by atoms with Crippen LogP contribution in [0.15, 0.2) is 46.9 Å². The van der Waals surface area contributed by atoms with Gasteiger partial charge >= 0.3 is 0 Å². The summed E-state index contributed by atoms with van der Waals surface area (Å²) in [4.78, 5) is 0. The predicted molar refractivity (Wildman–Crippen MR) is 69.5 cm³/mol. The van der Waals surface area contributed by atoms with Gasteiger partial charge in [-0.05, 0) is 30.3 Å². The van der Waals surface area contributed by atoms with E-state index in [0.29, 0.717) is 22.3 Å². The zero-order valence-electron chi connectivity index (χ0n) is 9.99. The lowest BCUT2D eigenvalue weighted by atomic mass is 10.1. The quantitative estimate of drug-likeness (QED) is 0.759. The minimum Gasteiger partial charge on any atom is -0.453 e. The molecule has 2 nitrogen and oxygen atoms in total. The van der Waals surface area contributed by atoms with E-state index in [1.54, 1.807) is 30.3 Å². The van der Waals surface area contributed by atoms with Gasteiger partial charge < -0.3 is 10.2 Å². The Morgan fingerprint density at radius 2 is 1.84 bits per heavy atom. The highest BCUT2D eigenvalue weighted by Crippen LogP contribution is 2.30. The van der Waals surface area contributed by atoms with Crippen molar-refractivity contribution >= 4 is 11.0 Å². The molecule has 0 unspecified atom stereocenters. The molecule has 19 heavy (non-hydrogen) atoms. The number of benzene rings is 2. The molecule has 0 saturated carbocycles. The zero-order chi connectivity index (χ0) is 13.4. The van der Waals surface area contributed by atoms with Crippen LogP contribution in [0, 0.1) is 11.6 Å². The maximum atomic E-state index is 13.6. The average molecular weight is 259 g/mol. The number of para-hydroxylation sites is 1. The smallest absolute Gasteiger partial charge is 0.170 e. The molecule has 1 aromatic heterocycles. The van der Waals surface area contributed by atoms with Crippen LogP contribution in [0.5, 0.6) is 0 Å². The van der Waals surface area contributed by atoms with Gasteiger partial charge in [0.25, 0.3) is 0 Å². The number of furan rings is 1. The summed E-state index contributed by atoms with van der Waals surface area (Å²) in [6.45, 7) is 0.105. The summed E-state index contributed by atoms with van der Waals surface area (Å²) in [5, 5.41) is 0.675. The molecule has 0 aliphatic heterocycles. The van der Waals surface area contributed by atoms with Crippen molar-refractivity contribution in [3.05, 3.63) is 59.7 Å². The fourth-order valence-electron chi connectivity index (χ4n) is 2.05. The number of hydrogen-bond acceptors (Lipinski definition) is 2. The van der Waals surface area contributed by atoms with Crippen LogP contribution < -0.4 is 5.73 Å². The number of fused-ring (bicyclic) bond motifs is 1. The Balaban J connectivity index is 2.16. The molecule has 1 heterocycles. The molecule has 4 heteroatoms. The van der Waals surface area contributed by atoms with Crippen LogP contribution in [-0.2, 0) is 6.54 Å². The fourth-order valence-corrected chi connectivity index (χ4v) is 2.05. The largest absolute Gasteiger partial charge is 0.453 e. The molecule has 0 aliphatic carbocycles. The summed E-state index contributed by atoms with van der Waals surface area (Å²) in [6, 6.07) is 11.0. The Kier molecular flexibility index (Phi) is 2.80. The number of hydrogen-bond donors (Lipinski definition) is 1. The van der Waals surface area contributed by atoms with E-state index in [2.05, 4.69) is 0 Å². The first-order valence-corrected chi connectivity index (χ1v) is 5.86. The van der Waals surface area contributed by atoms with Crippen molar-refractivity contribution in [3.63, 3.8) is 0 Å². The van der Waals surface area contributed by atoms with Gasteiger partial charge in [0.15, 0.2) is 11.4 Å². The lowest BCUT2D eigenvalue weighted by Gasteiger charge is -2.02. The van der Waals surface area contributed by atoms with Crippen molar-refractivity contribution in [1.82, 2.24) is 0 Å². The van der Waals surface area contributed by atoms with Crippen molar-refractivity contribution < 1.29 is 13.2 Å². The summed E-state index contributed by atoms with van der Waals surface area (Å²) >= 11 is 0. The normalized spacial score (nSPS) is 11.1. The van der Waals surface area contributed by atoms with Crippen LogP contribution >= 0.6 is 0 Å². The van der Waals surface area contributed by atoms with Crippen LogP contribution in [0.1, 0.15) is 5.56 Å². The van der Waals surface area contributed by atoms with Crippen LogP contribution in [-0.4, -0.2) is 0 Å². The number of halogens is 2. The molecule has 0 saturated heterocycles. The van der Waals surface area contributed by atoms with E-state index >= 15 is 0 Å². The van der Waals surface area contributed by atoms with E-state index in [9.17, 15) is 8.78 Å². The molecule has 0 atom stereocenters. The maximum absolute atomic E-state index is 13.6. The summed E-state index contributed by atoms with van der Waals surface area (Å²) in [7, 11) is 0. The molecular formula is C15H11F2NO. The lowest BCUT2D eigenvalue weighted by Crippen LogP contribution is -1.99. The van der Waals surface area contributed by atoms with E-state index in [0.717, 1.165) is 0 Å². The van der Waals surface area contributed by atoms with Gasteiger partial charge in [-0.3, -0.25) is 0 Å². The molecule has 96 valence electrons. The Bertz CT molecular complexity index is 749. The van der Waals surface area contributed by atoms with Gasteiger partial charge in [-0.25, -0.2) is 8.78 Å². The fraction of sp³-hybridized carbons (Fsp3) is 0.0667. The van der Waals surface area contributed by atoms with E-state index < -0.39 is 5.82 Å². The maximum Gasteiger partial charge on any atom is 0.170 e. The third-order valence-corrected chi connectivity index (χ3v) is 3.05. The molecule has 0 fully saturated rings. The minimum atomic E-state index is -0.412. The standard InChI is InChI=1S/C15H11F2NO/c16-12-5-4-9(6-11(12)8-18)14-7-10-2-1-3-13(17)15(10)19-14/h1-7H,8,18H2.